The Labute approximate surface area is 75.0 Å². The van der Waals surface area contributed by atoms with Crippen molar-refractivity contribution in [2.75, 3.05) is 33.5 Å². The Morgan fingerprint density at radius 2 is 1.75 bits per heavy atom. The Hall–Kier alpha value is -0.120. The summed E-state index contributed by atoms with van der Waals surface area (Å²) < 4.78 is 15.4. The molecule has 3 heteroatoms. The fraction of sp³-hybridized carbons (Fsp3) is 1.00. The van der Waals surface area contributed by atoms with Crippen LogP contribution in [0.25, 0.3) is 0 Å². The largest absolute Gasteiger partial charge is 0.382 e. The predicted molar refractivity (Wildman–Crippen MR) is 48.4 cm³/mol. The van der Waals surface area contributed by atoms with Crippen LogP contribution in [0, 0.1) is 0 Å². The van der Waals surface area contributed by atoms with Crippen LogP contribution in [-0.2, 0) is 14.2 Å². The van der Waals surface area contributed by atoms with E-state index in [0.29, 0.717) is 32.5 Å². The van der Waals surface area contributed by atoms with Gasteiger partial charge >= 0.3 is 0 Å². The van der Waals surface area contributed by atoms with Gasteiger partial charge in [0.05, 0.1) is 32.5 Å². The molecule has 0 N–H and O–H groups in total. The van der Waals surface area contributed by atoms with Crippen LogP contribution in [0.15, 0.2) is 0 Å². The van der Waals surface area contributed by atoms with Crippen molar-refractivity contribution in [2.45, 2.75) is 26.4 Å². The number of hydrogen-bond acceptors (Lipinski definition) is 3. The molecule has 0 amide bonds. The number of methoxy groups -OCH3 is 1. The Bertz CT molecular complexity index is 85.8. The zero-order valence-corrected chi connectivity index (χ0v) is 8.34. The zero-order valence-electron chi connectivity index (χ0n) is 8.34. The molecule has 0 aromatic rings. The topological polar surface area (TPSA) is 27.7 Å². The van der Waals surface area contributed by atoms with Crippen LogP contribution in [-0.4, -0.2) is 39.6 Å². The van der Waals surface area contributed by atoms with E-state index >= 15 is 0 Å². The molecule has 12 heavy (non-hydrogen) atoms. The minimum absolute atomic E-state index is 0.344. The molecule has 0 rings (SSSR count). The first-order valence-corrected chi connectivity index (χ1v) is 4.49. The molecule has 0 aliphatic rings. The van der Waals surface area contributed by atoms with Gasteiger partial charge in [-0.3, -0.25) is 0 Å². The van der Waals surface area contributed by atoms with E-state index in [4.69, 9.17) is 14.2 Å². The predicted octanol–water partition coefficient (Wildman–Crippen LogP) is 1.46. The van der Waals surface area contributed by atoms with E-state index in [0.717, 1.165) is 6.42 Å². The molecule has 0 heterocycles. The van der Waals surface area contributed by atoms with E-state index in [1.165, 1.54) is 0 Å². The molecule has 0 aromatic carbocycles. The highest BCUT2D eigenvalue weighted by molar-refractivity contribution is 4.43. The summed E-state index contributed by atoms with van der Waals surface area (Å²) in [7, 11) is 1.67. The van der Waals surface area contributed by atoms with E-state index in [-0.39, 0.29) is 0 Å². The Balaban J connectivity index is 2.90. The van der Waals surface area contributed by atoms with Crippen molar-refractivity contribution in [3.63, 3.8) is 0 Å². The van der Waals surface area contributed by atoms with Gasteiger partial charge in [0.2, 0.25) is 0 Å². The normalized spacial score (nSPS) is 13.2. The summed E-state index contributed by atoms with van der Waals surface area (Å²) in [4.78, 5) is 0. The average molecular weight is 176 g/mol. The summed E-state index contributed by atoms with van der Waals surface area (Å²) in [6.07, 6.45) is 1.40. The highest BCUT2D eigenvalue weighted by atomic mass is 16.5. The first-order chi connectivity index (χ1) is 5.81. The van der Waals surface area contributed by atoms with Crippen molar-refractivity contribution in [1.29, 1.82) is 0 Å². The molecule has 0 saturated carbocycles. The average Bonchev–Trinajstić information content (AvgIpc) is 2.10. The summed E-state index contributed by atoms with van der Waals surface area (Å²) in [6, 6.07) is 0. The third-order valence-electron chi connectivity index (χ3n) is 1.64. The van der Waals surface area contributed by atoms with Crippen molar-refractivity contribution in [1.82, 2.24) is 0 Å². The third-order valence-corrected chi connectivity index (χ3v) is 1.64. The lowest BCUT2D eigenvalue weighted by Crippen LogP contribution is -2.13. The highest BCUT2D eigenvalue weighted by Gasteiger charge is 1.96. The molecule has 74 valence electrons. The van der Waals surface area contributed by atoms with Gasteiger partial charge in [0.15, 0.2) is 0 Å². The lowest BCUT2D eigenvalue weighted by Gasteiger charge is -2.10. The van der Waals surface area contributed by atoms with Crippen molar-refractivity contribution < 1.29 is 14.2 Å². The smallest absolute Gasteiger partial charge is 0.0704 e. The highest BCUT2D eigenvalue weighted by Crippen LogP contribution is 1.94. The lowest BCUT2D eigenvalue weighted by atomic mass is 10.3. The van der Waals surface area contributed by atoms with E-state index in [1.54, 1.807) is 7.11 Å². The van der Waals surface area contributed by atoms with Gasteiger partial charge in [0.25, 0.3) is 0 Å². The minimum atomic E-state index is 0.344. The van der Waals surface area contributed by atoms with Gasteiger partial charge < -0.3 is 14.2 Å². The molecule has 0 aliphatic carbocycles. The SMILES string of the molecule is CCC(C)OCCOCCOC. The maximum Gasteiger partial charge on any atom is 0.0704 e. The quantitative estimate of drug-likeness (QED) is 0.524. The summed E-state index contributed by atoms with van der Waals surface area (Å²) in [6.45, 7) is 6.82. The van der Waals surface area contributed by atoms with Crippen LogP contribution in [0.4, 0.5) is 0 Å². The van der Waals surface area contributed by atoms with Crippen LogP contribution < -0.4 is 0 Å². The van der Waals surface area contributed by atoms with E-state index in [1.807, 2.05) is 0 Å². The summed E-state index contributed by atoms with van der Waals surface area (Å²) in [5, 5.41) is 0. The van der Waals surface area contributed by atoms with E-state index in [2.05, 4.69) is 13.8 Å². The Morgan fingerprint density at radius 3 is 2.33 bits per heavy atom. The molecular weight excluding hydrogens is 156 g/mol. The fourth-order valence-electron chi connectivity index (χ4n) is 0.670. The van der Waals surface area contributed by atoms with Crippen LogP contribution >= 0.6 is 0 Å². The molecule has 0 spiro atoms. The number of rotatable bonds is 8. The fourth-order valence-corrected chi connectivity index (χ4v) is 0.670. The second-order valence-corrected chi connectivity index (χ2v) is 2.69. The minimum Gasteiger partial charge on any atom is -0.382 e. The molecule has 0 aliphatic heterocycles. The molecule has 0 radical (unpaired) electrons. The first-order valence-electron chi connectivity index (χ1n) is 4.49. The summed E-state index contributed by atoms with van der Waals surface area (Å²) in [5.74, 6) is 0. The van der Waals surface area contributed by atoms with Crippen LogP contribution in [0.3, 0.4) is 0 Å². The third kappa shape index (κ3) is 7.98. The standard InChI is InChI=1S/C9H20O3/c1-4-9(2)12-8-7-11-6-5-10-3/h9H,4-8H2,1-3H3. The summed E-state index contributed by atoms with van der Waals surface area (Å²) >= 11 is 0. The van der Waals surface area contributed by atoms with Crippen LogP contribution in [0.1, 0.15) is 20.3 Å². The van der Waals surface area contributed by atoms with Crippen molar-refractivity contribution in [2.24, 2.45) is 0 Å². The van der Waals surface area contributed by atoms with Gasteiger partial charge in [-0.25, -0.2) is 0 Å². The second-order valence-electron chi connectivity index (χ2n) is 2.69. The van der Waals surface area contributed by atoms with Gasteiger partial charge in [0, 0.05) is 7.11 Å². The molecular formula is C9H20O3. The molecule has 0 saturated heterocycles. The molecule has 0 fully saturated rings. The Morgan fingerprint density at radius 1 is 1.08 bits per heavy atom. The number of ether oxygens (including phenoxy) is 3. The van der Waals surface area contributed by atoms with Gasteiger partial charge in [-0.1, -0.05) is 6.92 Å². The lowest BCUT2D eigenvalue weighted by molar-refractivity contribution is -0.00126. The van der Waals surface area contributed by atoms with E-state index in [9.17, 15) is 0 Å². The van der Waals surface area contributed by atoms with Crippen LogP contribution in [0.5, 0.6) is 0 Å². The van der Waals surface area contributed by atoms with Gasteiger partial charge in [-0.2, -0.15) is 0 Å². The molecule has 1 unspecified atom stereocenters. The zero-order chi connectivity index (χ0) is 9.23. The van der Waals surface area contributed by atoms with Gasteiger partial charge in [-0.05, 0) is 13.3 Å². The molecule has 0 aromatic heterocycles. The molecule has 3 nitrogen and oxygen atoms in total. The number of hydrogen-bond donors (Lipinski definition) is 0. The monoisotopic (exact) mass is 176 g/mol. The second kappa shape index (κ2) is 8.97. The van der Waals surface area contributed by atoms with Gasteiger partial charge in [-0.15, -0.1) is 0 Å². The van der Waals surface area contributed by atoms with Crippen molar-refractivity contribution in [3.8, 4) is 0 Å². The van der Waals surface area contributed by atoms with Crippen molar-refractivity contribution >= 4 is 0 Å². The van der Waals surface area contributed by atoms with Crippen LogP contribution in [0.2, 0.25) is 0 Å². The molecule has 0 bridgehead atoms. The van der Waals surface area contributed by atoms with Crippen molar-refractivity contribution in [3.05, 3.63) is 0 Å². The first kappa shape index (κ1) is 11.9. The summed E-state index contributed by atoms with van der Waals surface area (Å²) in [5.41, 5.74) is 0. The molecule has 1 atom stereocenters. The maximum atomic E-state index is 5.41. The Kier molecular flexibility index (Phi) is 8.88. The van der Waals surface area contributed by atoms with Gasteiger partial charge in [0.1, 0.15) is 0 Å². The maximum absolute atomic E-state index is 5.41. The van der Waals surface area contributed by atoms with E-state index < -0.39 is 0 Å².